The SMILES string of the molecule is CC(C)(C)OC(=O)N(CCCO)CCCCN(Cc1ccccc1)Cc1ccccc1. The molecule has 170 valence electrons. The second kappa shape index (κ2) is 13.1. The van der Waals surface area contributed by atoms with E-state index in [2.05, 4.69) is 53.4 Å². The van der Waals surface area contributed by atoms with Crippen molar-refractivity contribution in [2.45, 2.75) is 58.7 Å². The molecule has 2 rings (SSSR count). The lowest BCUT2D eigenvalue weighted by atomic mass is 10.1. The van der Waals surface area contributed by atoms with Gasteiger partial charge in [-0.3, -0.25) is 4.90 Å². The van der Waals surface area contributed by atoms with Crippen molar-refractivity contribution < 1.29 is 14.6 Å². The number of nitrogens with zero attached hydrogens (tertiary/aromatic N) is 2. The third-order valence-corrected chi connectivity index (χ3v) is 4.89. The number of amides is 1. The number of carbonyl (C=O) groups excluding carboxylic acids is 1. The van der Waals surface area contributed by atoms with Crippen LogP contribution in [0.3, 0.4) is 0 Å². The molecule has 0 radical (unpaired) electrons. The summed E-state index contributed by atoms with van der Waals surface area (Å²) in [5, 5.41) is 9.17. The van der Waals surface area contributed by atoms with E-state index >= 15 is 0 Å². The Labute approximate surface area is 187 Å². The van der Waals surface area contributed by atoms with E-state index in [0.717, 1.165) is 32.5 Å². The zero-order valence-corrected chi connectivity index (χ0v) is 19.3. The molecule has 0 saturated heterocycles. The Morgan fingerprint density at radius 3 is 1.77 bits per heavy atom. The molecular formula is C26H38N2O3. The minimum Gasteiger partial charge on any atom is -0.444 e. The van der Waals surface area contributed by atoms with Crippen molar-refractivity contribution >= 4 is 6.09 Å². The van der Waals surface area contributed by atoms with Crippen LogP contribution in [0.15, 0.2) is 60.7 Å². The third-order valence-electron chi connectivity index (χ3n) is 4.89. The summed E-state index contributed by atoms with van der Waals surface area (Å²) in [6, 6.07) is 21.1. The number of benzene rings is 2. The standard InChI is InChI=1S/C26H38N2O3/c1-26(2,3)31-25(30)28(19-12-20-29)18-11-10-17-27(21-23-13-6-4-7-14-23)22-24-15-8-5-9-16-24/h4-9,13-16,29H,10-12,17-22H2,1-3H3. The number of rotatable bonds is 12. The maximum atomic E-state index is 12.5. The van der Waals surface area contributed by atoms with Crippen molar-refractivity contribution in [3.8, 4) is 0 Å². The number of carbonyl (C=O) groups is 1. The topological polar surface area (TPSA) is 53.0 Å². The lowest BCUT2D eigenvalue weighted by Crippen LogP contribution is -2.38. The summed E-state index contributed by atoms with van der Waals surface area (Å²) in [5.41, 5.74) is 2.09. The first-order valence-corrected chi connectivity index (χ1v) is 11.3. The number of aliphatic hydroxyl groups excluding tert-OH is 1. The Hall–Kier alpha value is -2.37. The molecule has 1 amide bonds. The molecule has 0 aliphatic carbocycles. The van der Waals surface area contributed by atoms with Crippen molar-refractivity contribution in [2.24, 2.45) is 0 Å². The predicted octanol–water partition coefficient (Wildman–Crippen LogP) is 5.09. The molecule has 0 heterocycles. The van der Waals surface area contributed by atoms with Crippen LogP contribution < -0.4 is 0 Å². The first kappa shape index (κ1) is 24.9. The lowest BCUT2D eigenvalue weighted by Gasteiger charge is -2.28. The molecule has 0 bridgehead atoms. The summed E-state index contributed by atoms with van der Waals surface area (Å²) in [4.78, 5) is 16.7. The van der Waals surface area contributed by atoms with Gasteiger partial charge in [-0.05, 0) is 57.7 Å². The van der Waals surface area contributed by atoms with Crippen LogP contribution in [-0.4, -0.2) is 52.8 Å². The van der Waals surface area contributed by atoms with Gasteiger partial charge >= 0.3 is 6.09 Å². The number of hydrogen-bond donors (Lipinski definition) is 1. The van der Waals surface area contributed by atoms with E-state index in [1.165, 1.54) is 11.1 Å². The molecule has 0 aliphatic heterocycles. The van der Waals surface area contributed by atoms with Crippen molar-refractivity contribution in [3.63, 3.8) is 0 Å². The summed E-state index contributed by atoms with van der Waals surface area (Å²) < 4.78 is 5.53. The van der Waals surface area contributed by atoms with E-state index in [-0.39, 0.29) is 12.7 Å². The minimum atomic E-state index is -0.517. The van der Waals surface area contributed by atoms with Crippen LogP contribution in [0.25, 0.3) is 0 Å². The fourth-order valence-electron chi connectivity index (χ4n) is 3.42. The van der Waals surface area contributed by atoms with Crippen molar-refractivity contribution in [1.29, 1.82) is 0 Å². The molecule has 1 N–H and O–H groups in total. The van der Waals surface area contributed by atoms with Gasteiger partial charge in [0, 0.05) is 32.8 Å². The molecular weight excluding hydrogens is 388 g/mol. The summed E-state index contributed by atoms with van der Waals surface area (Å²) in [5.74, 6) is 0. The summed E-state index contributed by atoms with van der Waals surface area (Å²) in [6.07, 6.45) is 2.14. The molecule has 0 saturated carbocycles. The van der Waals surface area contributed by atoms with Gasteiger partial charge in [-0.1, -0.05) is 60.7 Å². The molecule has 2 aromatic rings. The normalized spacial score (nSPS) is 11.5. The predicted molar refractivity (Wildman–Crippen MR) is 126 cm³/mol. The zero-order chi connectivity index (χ0) is 22.5. The summed E-state index contributed by atoms with van der Waals surface area (Å²) in [6.45, 7) is 9.60. The molecule has 0 fully saturated rings. The maximum absolute atomic E-state index is 12.5. The molecule has 0 aromatic heterocycles. The molecule has 5 nitrogen and oxygen atoms in total. The van der Waals surface area contributed by atoms with E-state index in [1.807, 2.05) is 32.9 Å². The maximum Gasteiger partial charge on any atom is 0.410 e. The van der Waals surface area contributed by atoms with Gasteiger partial charge in [0.25, 0.3) is 0 Å². The average molecular weight is 427 g/mol. The van der Waals surface area contributed by atoms with Crippen molar-refractivity contribution in [1.82, 2.24) is 9.80 Å². The highest BCUT2D eigenvalue weighted by Crippen LogP contribution is 2.13. The van der Waals surface area contributed by atoms with E-state index in [9.17, 15) is 4.79 Å². The van der Waals surface area contributed by atoms with Crippen LogP contribution in [0.5, 0.6) is 0 Å². The first-order chi connectivity index (χ1) is 14.9. The fourth-order valence-corrected chi connectivity index (χ4v) is 3.42. The molecule has 5 heteroatoms. The van der Waals surface area contributed by atoms with E-state index < -0.39 is 5.60 Å². The van der Waals surface area contributed by atoms with Gasteiger partial charge in [0.2, 0.25) is 0 Å². The second-order valence-electron chi connectivity index (χ2n) is 8.93. The average Bonchev–Trinajstić information content (AvgIpc) is 2.73. The minimum absolute atomic E-state index is 0.0707. The monoisotopic (exact) mass is 426 g/mol. The van der Waals surface area contributed by atoms with Gasteiger partial charge < -0.3 is 14.7 Å². The van der Waals surface area contributed by atoms with E-state index in [0.29, 0.717) is 19.5 Å². The van der Waals surface area contributed by atoms with Gasteiger partial charge in [0.1, 0.15) is 5.60 Å². The lowest BCUT2D eigenvalue weighted by molar-refractivity contribution is 0.0236. The van der Waals surface area contributed by atoms with Gasteiger partial charge in [-0.15, -0.1) is 0 Å². The van der Waals surface area contributed by atoms with Crippen molar-refractivity contribution in [2.75, 3.05) is 26.2 Å². The Bertz CT molecular complexity index is 703. The molecule has 0 unspecified atom stereocenters. The van der Waals surface area contributed by atoms with Crippen LogP contribution >= 0.6 is 0 Å². The fraction of sp³-hybridized carbons (Fsp3) is 0.500. The summed E-state index contributed by atoms with van der Waals surface area (Å²) >= 11 is 0. The largest absolute Gasteiger partial charge is 0.444 e. The smallest absolute Gasteiger partial charge is 0.410 e. The number of ether oxygens (including phenoxy) is 1. The number of hydrogen-bond acceptors (Lipinski definition) is 4. The quantitative estimate of drug-likeness (QED) is 0.481. The highest BCUT2D eigenvalue weighted by molar-refractivity contribution is 5.68. The molecule has 0 spiro atoms. The van der Waals surface area contributed by atoms with E-state index in [1.54, 1.807) is 4.90 Å². The van der Waals surface area contributed by atoms with Gasteiger partial charge in [-0.2, -0.15) is 0 Å². The molecule has 31 heavy (non-hydrogen) atoms. The van der Waals surface area contributed by atoms with Gasteiger partial charge in [0.15, 0.2) is 0 Å². The first-order valence-electron chi connectivity index (χ1n) is 11.3. The molecule has 0 atom stereocenters. The van der Waals surface area contributed by atoms with Gasteiger partial charge in [-0.25, -0.2) is 4.79 Å². The Morgan fingerprint density at radius 2 is 1.29 bits per heavy atom. The Balaban J connectivity index is 1.90. The van der Waals surface area contributed by atoms with Crippen LogP contribution in [0.2, 0.25) is 0 Å². The number of unbranched alkanes of at least 4 members (excludes halogenated alkanes) is 1. The molecule has 0 aliphatic rings. The second-order valence-corrected chi connectivity index (χ2v) is 8.93. The highest BCUT2D eigenvalue weighted by Gasteiger charge is 2.21. The summed E-state index contributed by atoms with van der Waals surface area (Å²) in [7, 11) is 0. The van der Waals surface area contributed by atoms with Crippen LogP contribution in [-0.2, 0) is 17.8 Å². The Morgan fingerprint density at radius 1 is 0.806 bits per heavy atom. The molecule has 2 aromatic carbocycles. The van der Waals surface area contributed by atoms with Crippen molar-refractivity contribution in [3.05, 3.63) is 71.8 Å². The zero-order valence-electron chi connectivity index (χ0n) is 19.3. The van der Waals surface area contributed by atoms with Crippen LogP contribution in [0, 0.1) is 0 Å². The number of aliphatic hydroxyl groups is 1. The highest BCUT2D eigenvalue weighted by atomic mass is 16.6. The third kappa shape index (κ3) is 10.5. The van der Waals surface area contributed by atoms with E-state index in [4.69, 9.17) is 9.84 Å². The Kier molecular flexibility index (Phi) is 10.5. The van der Waals surface area contributed by atoms with Crippen LogP contribution in [0.4, 0.5) is 4.79 Å². The van der Waals surface area contributed by atoms with Crippen LogP contribution in [0.1, 0.15) is 51.2 Å². The van der Waals surface area contributed by atoms with Gasteiger partial charge in [0.05, 0.1) is 0 Å².